The molecule has 2 heterocycles. The largest absolute Gasteiger partial charge is 0.416 e. The summed E-state index contributed by atoms with van der Waals surface area (Å²) in [7, 11) is 0. The highest BCUT2D eigenvalue weighted by molar-refractivity contribution is 6.12. The molecule has 4 nitrogen and oxygen atoms in total. The van der Waals surface area contributed by atoms with E-state index in [1.165, 1.54) is 12.1 Å². The van der Waals surface area contributed by atoms with E-state index in [0.717, 1.165) is 61.3 Å². The average Bonchev–Trinajstić information content (AvgIpc) is 3.62. The highest BCUT2D eigenvalue weighted by Crippen LogP contribution is 2.42. The summed E-state index contributed by atoms with van der Waals surface area (Å²) < 4.78 is 44.9. The molecule has 0 aliphatic carbocycles. The van der Waals surface area contributed by atoms with Crippen LogP contribution in [0, 0.1) is 0 Å². The number of nitrogens with zero attached hydrogens (tertiary/aromatic N) is 4. The van der Waals surface area contributed by atoms with Gasteiger partial charge in [0.15, 0.2) is 17.5 Å². The Balaban J connectivity index is 1.26. The molecular formula is C52H33F3N4. The molecule has 2 aromatic heterocycles. The molecule has 0 bridgehead atoms. The lowest BCUT2D eigenvalue weighted by molar-refractivity contribution is -0.137. The number of halogens is 3. The van der Waals surface area contributed by atoms with Crippen LogP contribution in [0.3, 0.4) is 0 Å². The fourth-order valence-corrected chi connectivity index (χ4v) is 7.80. The third-order valence-corrected chi connectivity index (χ3v) is 10.7. The van der Waals surface area contributed by atoms with Crippen LogP contribution < -0.4 is 0 Å². The van der Waals surface area contributed by atoms with Gasteiger partial charge in [0.25, 0.3) is 0 Å². The van der Waals surface area contributed by atoms with Gasteiger partial charge in [-0.15, -0.1) is 0 Å². The van der Waals surface area contributed by atoms with Gasteiger partial charge < -0.3 is 4.57 Å². The van der Waals surface area contributed by atoms with Crippen molar-refractivity contribution >= 4 is 21.8 Å². The van der Waals surface area contributed by atoms with E-state index in [1.807, 2.05) is 115 Å². The van der Waals surface area contributed by atoms with E-state index in [1.54, 1.807) is 6.07 Å². The Labute approximate surface area is 338 Å². The van der Waals surface area contributed by atoms with Gasteiger partial charge in [0, 0.05) is 33.0 Å². The van der Waals surface area contributed by atoms with Gasteiger partial charge in [0.2, 0.25) is 0 Å². The van der Waals surface area contributed by atoms with Crippen molar-refractivity contribution in [2.24, 2.45) is 0 Å². The van der Waals surface area contributed by atoms with Crippen molar-refractivity contribution in [2.75, 3.05) is 0 Å². The maximum Gasteiger partial charge on any atom is 0.416 e. The van der Waals surface area contributed by atoms with Crippen molar-refractivity contribution in [1.29, 1.82) is 0 Å². The molecule has 0 saturated heterocycles. The summed E-state index contributed by atoms with van der Waals surface area (Å²) >= 11 is 0. The zero-order valence-electron chi connectivity index (χ0n) is 31.5. The van der Waals surface area contributed by atoms with Gasteiger partial charge in [0.05, 0.1) is 22.3 Å². The summed E-state index contributed by atoms with van der Waals surface area (Å²) in [6, 6.07) is 64.0. The molecule has 0 amide bonds. The lowest BCUT2D eigenvalue weighted by Crippen LogP contribution is -2.05. The van der Waals surface area contributed by atoms with Crippen molar-refractivity contribution in [3.8, 4) is 73.2 Å². The molecule has 282 valence electrons. The summed E-state index contributed by atoms with van der Waals surface area (Å²) in [5, 5.41) is 2.02. The van der Waals surface area contributed by atoms with E-state index in [4.69, 9.17) is 15.0 Å². The third-order valence-electron chi connectivity index (χ3n) is 10.7. The van der Waals surface area contributed by atoms with Crippen LogP contribution in [0.2, 0.25) is 0 Å². The zero-order valence-corrected chi connectivity index (χ0v) is 31.5. The summed E-state index contributed by atoms with van der Waals surface area (Å²) in [6.45, 7) is 0. The number of hydrogen-bond acceptors (Lipinski definition) is 3. The molecule has 0 N–H and O–H groups in total. The maximum absolute atomic E-state index is 14.2. The van der Waals surface area contributed by atoms with Crippen LogP contribution in [0.25, 0.3) is 95.0 Å². The lowest BCUT2D eigenvalue weighted by atomic mass is 9.98. The van der Waals surface area contributed by atoms with Crippen molar-refractivity contribution in [1.82, 2.24) is 19.5 Å². The first-order chi connectivity index (χ1) is 28.9. The minimum absolute atomic E-state index is 0.434. The molecule has 0 spiro atoms. The molecule has 0 unspecified atom stereocenters. The molecule has 10 rings (SSSR count). The quantitative estimate of drug-likeness (QED) is 0.162. The smallest absolute Gasteiger partial charge is 0.309 e. The minimum Gasteiger partial charge on any atom is -0.309 e. The number of fused-ring (bicyclic) bond motifs is 3. The summed E-state index contributed by atoms with van der Waals surface area (Å²) in [5.41, 5.74) is 9.46. The van der Waals surface area contributed by atoms with Gasteiger partial charge >= 0.3 is 6.18 Å². The van der Waals surface area contributed by atoms with Gasteiger partial charge in [0.1, 0.15) is 0 Å². The fourth-order valence-electron chi connectivity index (χ4n) is 7.80. The van der Waals surface area contributed by atoms with Crippen molar-refractivity contribution < 1.29 is 13.2 Å². The van der Waals surface area contributed by atoms with Gasteiger partial charge in [-0.05, 0) is 70.3 Å². The topological polar surface area (TPSA) is 43.6 Å². The molecule has 59 heavy (non-hydrogen) atoms. The van der Waals surface area contributed by atoms with Crippen LogP contribution in [0.4, 0.5) is 13.2 Å². The first-order valence-corrected chi connectivity index (χ1v) is 19.3. The van der Waals surface area contributed by atoms with Crippen LogP contribution in [0.5, 0.6) is 0 Å². The van der Waals surface area contributed by atoms with Gasteiger partial charge in [-0.1, -0.05) is 158 Å². The van der Waals surface area contributed by atoms with E-state index in [9.17, 15) is 13.2 Å². The van der Waals surface area contributed by atoms with Crippen molar-refractivity contribution in [2.45, 2.75) is 6.18 Å². The van der Waals surface area contributed by atoms with Gasteiger partial charge in [-0.3, -0.25) is 0 Å². The number of aromatic nitrogens is 4. The molecule has 7 heteroatoms. The number of benzene rings is 8. The van der Waals surface area contributed by atoms with Crippen LogP contribution >= 0.6 is 0 Å². The molecule has 0 aliphatic rings. The van der Waals surface area contributed by atoms with Crippen LogP contribution in [-0.2, 0) is 6.18 Å². The maximum atomic E-state index is 14.2. The average molecular weight is 771 g/mol. The lowest BCUT2D eigenvalue weighted by Gasteiger charge is -2.17. The first kappa shape index (κ1) is 35.8. The zero-order chi connectivity index (χ0) is 39.9. The normalized spacial score (nSPS) is 11.6. The van der Waals surface area contributed by atoms with Gasteiger partial charge in [-0.25, -0.2) is 15.0 Å². The van der Waals surface area contributed by atoms with Crippen molar-refractivity contribution in [3.05, 3.63) is 206 Å². The van der Waals surface area contributed by atoms with Gasteiger partial charge in [-0.2, -0.15) is 13.2 Å². The van der Waals surface area contributed by atoms with Crippen LogP contribution in [0.15, 0.2) is 200 Å². The molecule has 0 atom stereocenters. The van der Waals surface area contributed by atoms with E-state index in [0.29, 0.717) is 39.9 Å². The fraction of sp³-hybridized carbons (Fsp3) is 0.0192. The molecular weight excluding hydrogens is 738 g/mol. The Morgan fingerprint density at radius 3 is 1.24 bits per heavy atom. The van der Waals surface area contributed by atoms with E-state index < -0.39 is 11.7 Å². The molecule has 0 fully saturated rings. The summed E-state index contributed by atoms with van der Waals surface area (Å²) in [5.74, 6) is 1.46. The number of alkyl halides is 3. The van der Waals surface area contributed by atoms with Crippen molar-refractivity contribution in [3.63, 3.8) is 0 Å². The second-order valence-electron chi connectivity index (χ2n) is 14.4. The third kappa shape index (κ3) is 6.83. The Kier molecular flexibility index (Phi) is 8.91. The monoisotopic (exact) mass is 770 g/mol. The van der Waals surface area contributed by atoms with E-state index >= 15 is 0 Å². The molecule has 10 aromatic rings. The Morgan fingerprint density at radius 1 is 0.339 bits per heavy atom. The predicted octanol–water partition coefficient (Wildman–Crippen LogP) is 14.0. The highest BCUT2D eigenvalue weighted by atomic mass is 19.4. The molecule has 0 saturated carbocycles. The summed E-state index contributed by atoms with van der Waals surface area (Å²) in [6.07, 6.45) is -4.52. The number of hydrogen-bond donors (Lipinski definition) is 0. The predicted molar refractivity (Wildman–Crippen MR) is 232 cm³/mol. The highest BCUT2D eigenvalue weighted by Gasteiger charge is 2.31. The standard InChI is InChI=1S/C52H33F3N4/c53-52(54,55)42-23-13-22-40(30-42)43-27-24-41(51-57-49(36-18-9-3-10-19-36)56-50(58-51)37-20-11-4-12-21-37)33-48(43)59-46-28-25-38(34-14-5-1-6-15-34)31-44(46)45-32-39(26-29-47(45)59)35-16-7-2-8-17-35/h1-33H. The van der Waals surface area contributed by atoms with Crippen LogP contribution in [-0.4, -0.2) is 19.5 Å². The van der Waals surface area contributed by atoms with E-state index in [2.05, 4.69) is 65.2 Å². The summed E-state index contributed by atoms with van der Waals surface area (Å²) in [4.78, 5) is 14.9. The molecule has 0 aliphatic heterocycles. The molecule has 8 aromatic carbocycles. The second kappa shape index (κ2) is 14.7. The minimum atomic E-state index is -4.52. The molecule has 0 radical (unpaired) electrons. The Bertz CT molecular complexity index is 2970. The Hall–Kier alpha value is -7.64. The van der Waals surface area contributed by atoms with E-state index in [-0.39, 0.29) is 0 Å². The Morgan fingerprint density at radius 2 is 0.763 bits per heavy atom. The first-order valence-electron chi connectivity index (χ1n) is 19.3. The van der Waals surface area contributed by atoms with Crippen LogP contribution in [0.1, 0.15) is 5.56 Å². The number of rotatable bonds is 7. The SMILES string of the molecule is FC(F)(F)c1cccc(-c2ccc(-c3nc(-c4ccccc4)nc(-c4ccccc4)n3)cc2-n2c3ccc(-c4ccccc4)cc3c3cc(-c4ccccc4)ccc32)c1. The second-order valence-corrected chi connectivity index (χ2v) is 14.4.